The maximum Gasteiger partial charge on any atom is 0.198 e. The van der Waals surface area contributed by atoms with Crippen LogP contribution in [0.4, 0.5) is 0 Å². The lowest BCUT2D eigenvalue weighted by atomic mass is 10.1. The molecule has 2 aromatic rings. The van der Waals surface area contributed by atoms with Crippen molar-refractivity contribution in [3.05, 3.63) is 35.6 Å². The van der Waals surface area contributed by atoms with E-state index < -0.39 is 0 Å². The van der Waals surface area contributed by atoms with Gasteiger partial charge in [0.05, 0.1) is 0 Å². The van der Waals surface area contributed by atoms with E-state index >= 15 is 0 Å². The molecule has 3 rings (SSSR count). The van der Waals surface area contributed by atoms with Gasteiger partial charge < -0.3 is 4.42 Å². The fraction of sp³-hybridized carbons (Fsp3) is 0.357. The van der Waals surface area contributed by atoms with E-state index in [1.54, 1.807) is 0 Å². The Morgan fingerprint density at radius 3 is 2.94 bits per heavy atom. The summed E-state index contributed by atoms with van der Waals surface area (Å²) in [5.41, 5.74) is 1.98. The zero-order valence-electron chi connectivity index (χ0n) is 9.32. The van der Waals surface area contributed by atoms with E-state index in [4.69, 9.17) is 4.42 Å². The minimum atomic E-state index is 0.151. The first-order chi connectivity index (χ1) is 7.74. The van der Waals surface area contributed by atoms with Gasteiger partial charge in [-0.05, 0) is 43.4 Å². The van der Waals surface area contributed by atoms with Crippen LogP contribution in [0.25, 0.3) is 11.0 Å². The summed E-state index contributed by atoms with van der Waals surface area (Å²) in [6.45, 7) is 2.03. The first-order valence-electron chi connectivity index (χ1n) is 5.76. The Morgan fingerprint density at radius 2 is 2.25 bits per heavy atom. The number of benzene rings is 1. The highest BCUT2D eigenvalue weighted by Crippen LogP contribution is 2.34. The molecule has 1 heterocycles. The molecule has 2 heteroatoms. The number of carbonyl (C=O) groups is 1. The molecule has 0 atom stereocenters. The summed E-state index contributed by atoms with van der Waals surface area (Å²) >= 11 is 0. The molecule has 0 amide bonds. The maximum absolute atomic E-state index is 11.9. The molecule has 0 unspecified atom stereocenters. The second-order valence-corrected chi connectivity index (χ2v) is 4.67. The van der Waals surface area contributed by atoms with Crippen LogP contribution < -0.4 is 0 Å². The molecule has 0 radical (unpaired) electrons. The Bertz CT molecular complexity index is 547. The predicted molar refractivity (Wildman–Crippen MR) is 62.6 cm³/mol. The van der Waals surface area contributed by atoms with Crippen molar-refractivity contribution in [2.24, 2.45) is 5.92 Å². The molecule has 0 aliphatic heterocycles. The summed E-state index contributed by atoms with van der Waals surface area (Å²) in [7, 11) is 0. The Kier molecular flexibility index (Phi) is 2.10. The minimum Gasteiger partial charge on any atom is -0.453 e. The van der Waals surface area contributed by atoms with Crippen LogP contribution in [-0.2, 0) is 0 Å². The Hall–Kier alpha value is -1.57. The quantitative estimate of drug-likeness (QED) is 0.729. The number of carbonyl (C=O) groups excluding carboxylic acids is 1. The number of hydrogen-bond donors (Lipinski definition) is 0. The molecular formula is C14H14O2. The van der Waals surface area contributed by atoms with E-state index in [9.17, 15) is 4.79 Å². The Morgan fingerprint density at radius 1 is 1.44 bits per heavy atom. The average molecular weight is 214 g/mol. The number of rotatable bonds is 3. The molecule has 2 nitrogen and oxygen atoms in total. The molecule has 0 N–H and O–H groups in total. The molecule has 1 aromatic heterocycles. The lowest BCUT2D eigenvalue weighted by Gasteiger charge is -1.92. The summed E-state index contributed by atoms with van der Waals surface area (Å²) in [5, 5.41) is 1.06. The van der Waals surface area contributed by atoms with Crippen LogP contribution >= 0.6 is 0 Å². The van der Waals surface area contributed by atoms with Crippen LogP contribution in [0.15, 0.2) is 28.7 Å². The molecule has 1 aliphatic rings. The summed E-state index contributed by atoms with van der Waals surface area (Å²) in [6.07, 6.45) is 3.05. The lowest BCUT2D eigenvalue weighted by Crippen LogP contribution is -1.97. The van der Waals surface area contributed by atoms with Gasteiger partial charge in [0, 0.05) is 11.8 Å². The van der Waals surface area contributed by atoms with Crippen LogP contribution in [0.2, 0.25) is 0 Å². The van der Waals surface area contributed by atoms with Gasteiger partial charge in [0.2, 0.25) is 0 Å². The van der Waals surface area contributed by atoms with E-state index in [1.807, 2.05) is 31.2 Å². The highest BCUT2D eigenvalue weighted by Gasteiger charge is 2.26. The molecule has 1 aromatic carbocycles. The predicted octanol–water partition coefficient (Wildman–Crippen LogP) is 3.72. The number of Topliss-reactive ketones (excluding diaryl/α,β-unsaturated/α-hetero) is 1. The normalized spacial score (nSPS) is 15.6. The molecule has 0 spiro atoms. The van der Waals surface area contributed by atoms with Crippen molar-refractivity contribution in [3.8, 4) is 0 Å². The van der Waals surface area contributed by atoms with Crippen molar-refractivity contribution >= 4 is 16.8 Å². The first kappa shape index (κ1) is 9.64. The van der Waals surface area contributed by atoms with Crippen LogP contribution in [0.5, 0.6) is 0 Å². The van der Waals surface area contributed by atoms with E-state index in [-0.39, 0.29) is 5.78 Å². The van der Waals surface area contributed by atoms with Crippen LogP contribution in [0.1, 0.15) is 35.4 Å². The van der Waals surface area contributed by atoms with Crippen molar-refractivity contribution in [2.75, 3.05) is 0 Å². The van der Waals surface area contributed by atoms with E-state index in [1.165, 1.54) is 12.8 Å². The molecule has 0 saturated heterocycles. The monoisotopic (exact) mass is 214 g/mol. The first-order valence-corrected chi connectivity index (χ1v) is 5.76. The van der Waals surface area contributed by atoms with Crippen molar-refractivity contribution in [3.63, 3.8) is 0 Å². The number of aryl methyl sites for hydroxylation is 1. The van der Waals surface area contributed by atoms with Gasteiger partial charge in [-0.1, -0.05) is 12.1 Å². The second-order valence-electron chi connectivity index (χ2n) is 4.67. The third-order valence-corrected chi connectivity index (χ3v) is 3.23. The molecule has 82 valence electrons. The SMILES string of the molecule is Cc1cccc2oc(C(=O)CC3CC3)cc12. The van der Waals surface area contributed by atoms with E-state index in [0.717, 1.165) is 16.5 Å². The molecule has 1 fully saturated rings. The lowest BCUT2D eigenvalue weighted by molar-refractivity contribution is 0.0951. The summed E-state index contributed by atoms with van der Waals surface area (Å²) in [5.74, 6) is 1.29. The third-order valence-electron chi connectivity index (χ3n) is 3.23. The number of hydrogen-bond acceptors (Lipinski definition) is 2. The van der Waals surface area contributed by atoms with Crippen molar-refractivity contribution < 1.29 is 9.21 Å². The van der Waals surface area contributed by atoms with Gasteiger partial charge in [-0.2, -0.15) is 0 Å². The van der Waals surface area contributed by atoms with Crippen LogP contribution in [-0.4, -0.2) is 5.78 Å². The zero-order chi connectivity index (χ0) is 11.1. The van der Waals surface area contributed by atoms with Gasteiger partial charge >= 0.3 is 0 Å². The number of ketones is 1. The highest BCUT2D eigenvalue weighted by molar-refractivity contribution is 5.98. The van der Waals surface area contributed by atoms with Gasteiger partial charge in [-0.3, -0.25) is 4.79 Å². The maximum atomic E-state index is 11.9. The Balaban J connectivity index is 1.97. The van der Waals surface area contributed by atoms with Crippen LogP contribution in [0.3, 0.4) is 0 Å². The van der Waals surface area contributed by atoms with Gasteiger partial charge in [0.1, 0.15) is 5.58 Å². The average Bonchev–Trinajstić information content (AvgIpc) is 2.95. The second kappa shape index (κ2) is 3.48. The minimum absolute atomic E-state index is 0.151. The number of furan rings is 1. The van der Waals surface area contributed by atoms with Gasteiger partial charge in [-0.15, -0.1) is 0 Å². The van der Waals surface area contributed by atoms with Gasteiger partial charge in [0.25, 0.3) is 0 Å². The fourth-order valence-corrected chi connectivity index (χ4v) is 2.03. The van der Waals surface area contributed by atoms with Crippen molar-refractivity contribution in [1.82, 2.24) is 0 Å². The smallest absolute Gasteiger partial charge is 0.198 e. The third kappa shape index (κ3) is 1.64. The molecular weight excluding hydrogens is 200 g/mol. The van der Waals surface area contributed by atoms with Crippen molar-refractivity contribution in [2.45, 2.75) is 26.2 Å². The van der Waals surface area contributed by atoms with E-state index in [2.05, 4.69) is 0 Å². The molecule has 1 saturated carbocycles. The molecule has 16 heavy (non-hydrogen) atoms. The van der Waals surface area contributed by atoms with Gasteiger partial charge in [-0.25, -0.2) is 0 Å². The number of fused-ring (bicyclic) bond motifs is 1. The summed E-state index contributed by atoms with van der Waals surface area (Å²) < 4.78 is 5.59. The molecule has 0 bridgehead atoms. The van der Waals surface area contributed by atoms with Crippen molar-refractivity contribution in [1.29, 1.82) is 0 Å². The molecule has 1 aliphatic carbocycles. The van der Waals surface area contributed by atoms with Gasteiger partial charge in [0.15, 0.2) is 11.5 Å². The summed E-state index contributed by atoms with van der Waals surface area (Å²) in [6, 6.07) is 7.79. The zero-order valence-corrected chi connectivity index (χ0v) is 9.32. The topological polar surface area (TPSA) is 30.2 Å². The van der Waals surface area contributed by atoms with E-state index in [0.29, 0.717) is 18.1 Å². The Labute approximate surface area is 94.3 Å². The standard InChI is InChI=1S/C14H14O2/c1-9-3-2-4-13-11(9)8-14(16-13)12(15)7-10-5-6-10/h2-4,8,10H,5-7H2,1H3. The summed E-state index contributed by atoms with van der Waals surface area (Å²) in [4.78, 5) is 11.9. The fourth-order valence-electron chi connectivity index (χ4n) is 2.03. The largest absolute Gasteiger partial charge is 0.453 e. The highest BCUT2D eigenvalue weighted by atomic mass is 16.3. The van der Waals surface area contributed by atoms with Crippen LogP contribution in [0, 0.1) is 12.8 Å².